The number of aryl methyl sites for hydroxylation is 1. The van der Waals surface area contributed by atoms with Crippen LogP contribution in [-0.2, 0) is 0 Å². The average Bonchev–Trinajstić information content (AvgIpc) is 2.57. The molecule has 118 valence electrons. The molecule has 0 spiro atoms. The molecule has 0 bridgehead atoms. The standard InChI is InChI=1S/C18H12N2O4/c1-10-7-14-16(21)8-17(24-18(14)15(9-19)11(10)2)12-3-5-13(6-4-12)20(22)23/h3-8H,1-2H3. The van der Waals surface area contributed by atoms with E-state index in [0.29, 0.717) is 16.5 Å². The quantitative estimate of drug-likeness (QED) is 0.527. The molecular weight excluding hydrogens is 308 g/mol. The predicted molar refractivity (Wildman–Crippen MR) is 88.8 cm³/mol. The number of benzene rings is 2. The van der Waals surface area contributed by atoms with Crippen LogP contribution in [0.5, 0.6) is 0 Å². The maximum Gasteiger partial charge on any atom is 0.269 e. The summed E-state index contributed by atoms with van der Waals surface area (Å²) in [6, 6.07) is 10.8. The third-order valence-corrected chi connectivity index (χ3v) is 4.01. The smallest absolute Gasteiger partial charge is 0.269 e. The highest BCUT2D eigenvalue weighted by Gasteiger charge is 2.15. The SMILES string of the molecule is Cc1cc2c(=O)cc(-c3ccc([N+](=O)[O-])cc3)oc2c(C#N)c1C. The fourth-order valence-corrected chi connectivity index (χ4v) is 2.54. The van der Waals surface area contributed by atoms with E-state index in [9.17, 15) is 20.2 Å². The third-order valence-electron chi connectivity index (χ3n) is 4.01. The number of nitro benzene ring substituents is 1. The molecule has 0 N–H and O–H groups in total. The molecular formula is C18H12N2O4. The number of non-ortho nitro benzene ring substituents is 1. The van der Waals surface area contributed by atoms with Crippen molar-refractivity contribution in [2.24, 2.45) is 0 Å². The van der Waals surface area contributed by atoms with Crippen LogP contribution in [0.4, 0.5) is 5.69 Å². The van der Waals surface area contributed by atoms with Crippen molar-refractivity contribution in [3.05, 3.63) is 73.4 Å². The molecule has 24 heavy (non-hydrogen) atoms. The van der Waals surface area contributed by atoms with Gasteiger partial charge in [0.1, 0.15) is 11.8 Å². The zero-order valence-corrected chi connectivity index (χ0v) is 13.0. The minimum absolute atomic E-state index is 0.0499. The third kappa shape index (κ3) is 2.42. The molecule has 6 nitrogen and oxygen atoms in total. The molecule has 0 aliphatic rings. The molecule has 0 aliphatic carbocycles. The van der Waals surface area contributed by atoms with Crippen LogP contribution in [0, 0.1) is 35.3 Å². The first-order valence-corrected chi connectivity index (χ1v) is 7.15. The van der Waals surface area contributed by atoms with E-state index in [4.69, 9.17) is 4.42 Å². The van der Waals surface area contributed by atoms with Gasteiger partial charge in [0.25, 0.3) is 5.69 Å². The Balaban J connectivity index is 2.28. The van der Waals surface area contributed by atoms with Gasteiger partial charge < -0.3 is 4.42 Å². The van der Waals surface area contributed by atoms with Crippen molar-refractivity contribution in [1.29, 1.82) is 5.26 Å². The monoisotopic (exact) mass is 320 g/mol. The van der Waals surface area contributed by atoms with Crippen molar-refractivity contribution in [3.8, 4) is 17.4 Å². The molecule has 1 heterocycles. The van der Waals surface area contributed by atoms with Gasteiger partial charge in [-0.2, -0.15) is 5.26 Å². The molecule has 3 rings (SSSR count). The van der Waals surface area contributed by atoms with Crippen molar-refractivity contribution >= 4 is 16.7 Å². The van der Waals surface area contributed by atoms with Crippen molar-refractivity contribution < 1.29 is 9.34 Å². The minimum atomic E-state index is -0.500. The van der Waals surface area contributed by atoms with Crippen molar-refractivity contribution in [2.75, 3.05) is 0 Å². The van der Waals surface area contributed by atoms with Gasteiger partial charge in [0, 0.05) is 23.8 Å². The second kappa shape index (κ2) is 5.63. The van der Waals surface area contributed by atoms with Crippen molar-refractivity contribution in [2.45, 2.75) is 13.8 Å². The van der Waals surface area contributed by atoms with Crippen LogP contribution in [-0.4, -0.2) is 4.92 Å². The van der Waals surface area contributed by atoms with Crippen LogP contribution in [0.25, 0.3) is 22.3 Å². The summed E-state index contributed by atoms with van der Waals surface area (Å²) in [5.74, 6) is 0.266. The van der Waals surface area contributed by atoms with E-state index in [1.165, 1.54) is 30.3 Å². The lowest BCUT2D eigenvalue weighted by Crippen LogP contribution is -2.03. The number of nitrogens with zero attached hydrogens (tertiary/aromatic N) is 2. The fraction of sp³-hybridized carbons (Fsp3) is 0.111. The molecule has 0 saturated heterocycles. The fourth-order valence-electron chi connectivity index (χ4n) is 2.54. The molecule has 2 aromatic carbocycles. The molecule has 0 fully saturated rings. The summed E-state index contributed by atoms with van der Waals surface area (Å²) in [5, 5.41) is 20.5. The van der Waals surface area contributed by atoms with Crippen LogP contribution in [0.15, 0.2) is 45.6 Å². The summed E-state index contributed by atoms with van der Waals surface area (Å²) in [6.45, 7) is 3.63. The van der Waals surface area contributed by atoms with Crippen LogP contribution >= 0.6 is 0 Å². The number of rotatable bonds is 2. The summed E-state index contributed by atoms with van der Waals surface area (Å²) in [4.78, 5) is 22.6. The maximum atomic E-state index is 12.4. The van der Waals surface area contributed by atoms with E-state index in [2.05, 4.69) is 6.07 Å². The second-order valence-corrected chi connectivity index (χ2v) is 5.46. The summed E-state index contributed by atoms with van der Waals surface area (Å²) in [5.41, 5.74) is 2.38. The molecule has 3 aromatic rings. The molecule has 0 atom stereocenters. The van der Waals surface area contributed by atoms with Gasteiger partial charge in [0.05, 0.1) is 15.9 Å². The van der Waals surface area contributed by atoms with Crippen molar-refractivity contribution in [3.63, 3.8) is 0 Å². The summed E-state index contributed by atoms with van der Waals surface area (Å²) in [7, 11) is 0. The summed E-state index contributed by atoms with van der Waals surface area (Å²) < 4.78 is 5.79. The highest BCUT2D eigenvalue weighted by molar-refractivity contribution is 5.86. The Labute approximate surface area is 136 Å². The largest absolute Gasteiger partial charge is 0.454 e. The van der Waals surface area contributed by atoms with Gasteiger partial charge in [-0.15, -0.1) is 0 Å². The number of nitriles is 1. The Morgan fingerprint density at radius 3 is 2.42 bits per heavy atom. The van der Waals surface area contributed by atoms with E-state index in [0.717, 1.165) is 11.1 Å². The van der Waals surface area contributed by atoms with E-state index in [1.54, 1.807) is 13.0 Å². The first-order valence-electron chi connectivity index (χ1n) is 7.15. The van der Waals surface area contributed by atoms with E-state index >= 15 is 0 Å². The van der Waals surface area contributed by atoms with Crippen LogP contribution in [0.3, 0.4) is 0 Å². The van der Waals surface area contributed by atoms with E-state index in [-0.39, 0.29) is 22.5 Å². The van der Waals surface area contributed by atoms with Gasteiger partial charge >= 0.3 is 0 Å². The highest BCUT2D eigenvalue weighted by atomic mass is 16.6. The zero-order chi connectivity index (χ0) is 17.4. The molecule has 6 heteroatoms. The van der Waals surface area contributed by atoms with Crippen LogP contribution in [0.1, 0.15) is 16.7 Å². The minimum Gasteiger partial charge on any atom is -0.454 e. The van der Waals surface area contributed by atoms with Crippen LogP contribution in [0.2, 0.25) is 0 Å². The Kier molecular flexibility index (Phi) is 3.62. The number of hydrogen-bond donors (Lipinski definition) is 0. The lowest BCUT2D eigenvalue weighted by molar-refractivity contribution is -0.384. The van der Waals surface area contributed by atoms with Gasteiger partial charge in [0.15, 0.2) is 11.0 Å². The molecule has 0 amide bonds. The predicted octanol–water partition coefficient (Wildman–Crippen LogP) is 3.86. The molecule has 0 aliphatic heterocycles. The van der Waals surface area contributed by atoms with Gasteiger partial charge in [0.2, 0.25) is 0 Å². The van der Waals surface area contributed by atoms with Gasteiger partial charge in [-0.05, 0) is 43.2 Å². The van der Waals surface area contributed by atoms with E-state index < -0.39 is 4.92 Å². The zero-order valence-electron chi connectivity index (χ0n) is 13.0. The Morgan fingerprint density at radius 2 is 1.83 bits per heavy atom. The Bertz CT molecular complexity index is 1070. The Hall–Kier alpha value is -3.46. The van der Waals surface area contributed by atoms with Gasteiger partial charge in [-0.3, -0.25) is 14.9 Å². The lowest BCUT2D eigenvalue weighted by Gasteiger charge is -2.08. The van der Waals surface area contributed by atoms with Gasteiger partial charge in [-0.1, -0.05) is 0 Å². The number of fused-ring (bicyclic) bond motifs is 1. The van der Waals surface area contributed by atoms with E-state index in [1.807, 2.05) is 6.92 Å². The lowest BCUT2D eigenvalue weighted by atomic mass is 10.00. The average molecular weight is 320 g/mol. The number of hydrogen-bond acceptors (Lipinski definition) is 5. The van der Waals surface area contributed by atoms with Gasteiger partial charge in [-0.25, -0.2) is 0 Å². The molecule has 1 aromatic heterocycles. The molecule has 0 unspecified atom stereocenters. The first kappa shape index (κ1) is 15.4. The first-order chi connectivity index (χ1) is 11.4. The normalized spacial score (nSPS) is 10.5. The maximum absolute atomic E-state index is 12.4. The topological polar surface area (TPSA) is 97.1 Å². The number of nitro groups is 1. The summed E-state index contributed by atoms with van der Waals surface area (Å²) in [6.07, 6.45) is 0. The highest BCUT2D eigenvalue weighted by Crippen LogP contribution is 2.28. The van der Waals surface area contributed by atoms with Crippen LogP contribution < -0.4 is 5.43 Å². The molecule has 0 saturated carbocycles. The Morgan fingerprint density at radius 1 is 1.17 bits per heavy atom. The summed E-state index contributed by atoms with van der Waals surface area (Å²) >= 11 is 0. The molecule has 0 radical (unpaired) electrons. The van der Waals surface area contributed by atoms with Crippen molar-refractivity contribution in [1.82, 2.24) is 0 Å². The second-order valence-electron chi connectivity index (χ2n) is 5.46.